The zero-order chi connectivity index (χ0) is 29.9. The van der Waals surface area contributed by atoms with Crippen LogP contribution >= 0.6 is 0 Å². The minimum Gasteiger partial charge on any atom is -0.488 e. The van der Waals surface area contributed by atoms with Gasteiger partial charge in [0.1, 0.15) is 12.4 Å². The lowest BCUT2D eigenvalue weighted by Gasteiger charge is -2.25. The van der Waals surface area contributed by atoms with Gasteiger partial charge in [0.2, 0.25) is 5.88 Å². The van der Waals surface area contributed by atoms with Gasteiger partial charge in [0, 0.05) is 31.3 Å². The Bertz CT molecular complexity index is 1560. The van der Waals surface area contributed by atoms with Gasteiger partial charge in [0.25, 0.3) is 0 Å². The van der Waals surface area contributed by atoms with Crippen LogP contribution in [0.2, 0.25) is 0 Å². The van der Waals surface area contributed by atoms with Crippen LogP contribution in [0.15, 0.2) is 60.5 Å². The Labute approximate surface area is 255 Å². The highest BCUT2D eigenvalue weighted by Crippen LogP contribution is 2.35. The highest BCUT2D eigenvalue weighted by Gasteiger charge is 2.26. The molecule has 0 spiro atoms. The van der Waals surface area contributed by atoms with Crippen LogP contribution in [0.25, 0.3) is 17.0 Å². The summed E-state index contributed by atoms with van der Waals surface area (Å²) in [4.78, 5) is 7.68. The molecule has 2 aliphatic heterocycles. The molecule has 43 heavy (non-hydrogen) atoms. The maximum absolute atomic E-state index is 6.68. The lowest BCUT2D eigenvalue weighted by molar-refractivity contribution is 0.147. The van der Waals surface area contributed by atoms with E-state index in [1.807, 2.05) is 26.0 Å². The van der Waals surface area contributed by atoms with Crippen molar-refractivity contribution in [2.24, 2.45) is 0 Å². The van der Waals surface area contributed by atoms with Gasteiger partial charge in [0.15, 0.2) is 5.82 Å². The van der Waals surface area contributed by atoms with Gasteiger partial charge >= 0.3 is 0 Å². The van der Waals surface area contributed by atoms with Gasteiger partial charge in [-0.3, -0.25) is 4.90 Å². The Kier molecular flexibility index (Phi) is 8.82. The average Bonchev–Trinajstić information content (AvgIpc) is 3.64. The summed E-state index contributed by atoms with van der Waals surface area (Å²) >= 11 is 0. The van der Waals surface area contributed by atoms with Gasteiger partial charge < -0.3 is 14.2 Å². The molecule has 3 aromatic rings. The van der Waals surface area contributed by atoms with Crippen LogP contribution in [0, 0.1) is 6.92 Å². The van der Waals surface area contributed by atoms with Gasteiger partial charge in [-0.2, -0.15) is 9.78 Å². The van der Waals surface area contributed by atoms with Crippen molar-refractivity contribution in [1.82, 2.24) is 19.7 Å². The van der Waals surface area contributed by atoms with Crippen LogP contribution in [0.5, 0.6) is 5.88 Å². The molecule has 6 rings (SSSR count). The molecule has 4 heterocycles. The van der Waals surface area contributed by atoms with Gasteiger partial charge in [0.05, 0.1) is 30.7 Å². The summed E-state index contributed by atoms with van der Waals surface area (Å²) in [7, 11) is 0. The Morgan fingerprint density at radius 2 is 1.95 bits per heavy atom. The van der Waals surface area contributed by atoms with Crippen molar-refractivity contribution in [1.29, 1.82) is 0 Å². The Morgan fingerprint density at radius 3 is 2.74 bits per heavy atom. The second-order valence-corrected chi connectivity index (χ2v) is 12.0. The molecule has 0 unspecified atom stereocenters. The first-order valence-corrected chi connectivity index (χ1v) is 15.7. The zero-order valence-electron chi connectivity index (χ0n) is 26.1. The first-order valence-electron chi connectivity index (χ1n) is 15.7. The van der Waals surface area contributed by atoms with Crippen LogP contribution in [0.4, 0.5) is 0 Å². The molecule has 1 atom stereocenters. The molecule has 1 saturated heterocycles. The Balaban J connectivity index is 1.22. The molecule has 226 valence electrons. The van der Waals surface area contributed by atoms with E-state index in [-0.39, 0.29) is 0 Å². The van der Waals surface area contributed by atoms with E-state index < -0.39 is 0 Å². The van der Waals surface area contributed by atoms with Crippen molar-refractivity contribution in [3.8, 4) is 11.7 Å². The van der Waals surface area contributed by atoms with Crippen LogP contribution in [-0.4, -0.2) is 58.6 Å². The molecule has 0 radical (unpaired) electrons. The van der Waals surface area contributed by atoms with E-state index in [4.69, 9.17) is 19.2 Å². The SMILES string of the molecule is C=C(C)c1cnn(-c2cccc(C3=CCCC(C)=C3OCc3ccc4c(c3C)CCN([C@H]3CCOC3)CC4)n2)c1OCC. The number of hydrogen-bond acceptors (Lipinski definition) is 6. The summed E-state index contributed by atoms with van der Waals surface area (Å²) in [5.41, 5.74) is 10.6. The first kappa shape index (κ1) is 29.4. The first-order chi connectivity index (χ1) is 20.9. The molecule has 1 aliphatic carbocycles. The van der Waals surface area contributed by atoms with Crippen molar-refractivity contribution in [2.75, 3.05) is 32.9 Å². The number of fused-ring (bicyclic) bond motifs is 1. The summed E-state index contributed by atoms with van der Waals surface area (Å²) in [6.07, 6.45) is 9.34. The number of aromatic nitrogens is 3. The maximum atomic E-state index is 6.68. The highest BCUT2D eigenvalue weighted by atomic mass is 16.5. The average molecular weight is 581 g/mol. The molecular weight excluding hydrogens is 536 g/mol. The molecule has 7 heteroatoms. The van der Waals surface area contributed by atoms with E-state index in [1.165, 1.54) is 27.8 Å². The fourth-order valence-corrected chi connectivity index (χ4v) is 6.61. The molecule has 1 aromatic carbocycles. The number of hydrogen-bond donors (Lipinski definition) is 0. The lowest BCUT2D eigenvalue weighted by Crippen LogP contribution is -2.37. The number of nitrogens with zero attached hydrogens (tertiary/aromatic N) is 4. The minimum atomic E-state index is 0.534. The van der Waals surface area contributed by atoms with Crippen LogP contribution in [0.3, 0.4) is 0 Å². The highest BCUT2D eigenvalue weighted by molar-refractivity contribution is 5.77. The molecule has 0 bridgehead atoms. The van der Waals surface area contributed by atoms with Crippen molar-refractivity contribution < 1.29 is 14.2 Å². The monoisotopic (exact) mass is 580 g/mol. The summed E-state index contributed by atoms with van der Waals surface area (Å²) < 4.78 is 20.1. The zero-order valence-corrected chi connectivity index (χ0v) is 26.1. The number of ether oxygens (including phenoxy) is 3. The quantitative estimate of drug-likeness (QED) is 0.275. The largest absolute Gasteiger partial charge is 0.488 e. The molecule has 2 aromatic heterocycles. The topological polar surface area (TPSA) is 61.6 Å². The van der Waals surface area contributed by atoms with Crippen LogP contribution in [-0.2, 0) is 28.9 Å². The third-order valence-corrected chi connectivity index (χ3v) is 9.11. The molecule has 7 nitrogen and oxygen atoms in total. The van der Waals surface area contributed by atoms with E-state index in [0.29, 0.717) is 31.0 Å². The summed E-state index contributed by atoms with van der Waals surface area (Å²) in [6.45, 7) is 17.5. The van der Waals surface area contributed by atoms with Crippen molar-refractivity contribution in [3.63, 3.8) is 0 Å². The maximum Gasteiger partial charge on any atom is 0.225 e. The second-order valence-electron chi connectivity index (χ2n) is 12.0. The van der Waals surface area contributed by atoms with Crippen LogP contribution < -0.4 is 4.74 Å². The number of rotatable bonds is 9. The Hall–Kier alpha value is -3.68. The predicted molar refractivity (Wildman–Crippen MR) is 171 cm³/mol. The summed E-state index contributed by atoms with van der Waals surface area (Å²) in [5.74, 6) is 2.31. The van der Waals surface area contributed by atoms with Gasteiger partial charge in [-0.15, -0.1) is 0 Å². The van der Waals surface area contributed by atoms with E-state index in [0.717, 1.165) is 86.6 Å². The predicted octanol–water partition coefficient (Wildman–Crippen LogP) is 6.87. The third-order valence-electron chi connectivity index (χ3n) is 9.11. The summed E-state index contributed by atoms with van der Waals surface area (Å²) in [5, 5.41) is 4.60. The van der Waals surface area contributed by atoms with Crippen molar-refractivity contribution in [3.05, 3.63) is 94.0 Å². The lowest BCUT2D eigenvalue weighted by atomic mass is 9.93. The normalized spacial score (nSPS) is 19.2. The van der Waals surface area contributed by atoms with E-state index in [1.54, 1.807) is 10.9 Å². The number of pyridine rings is 1. The fraction of sp³-hybridized carbons (Fsp3) is 0.444. The third kappa shape index (κ3) is 6.06. The van der Waals surface area contributed by atoms with Crippen LogP contribution in [0.1, 0.15) is 73.5 Å². The molecule has 0 N–H and O–H groups in total. The van der Waals surface area contributed by atoms with Gasteiger partial charge in [-0.25, -0.2) is 4.98 Å². The van der Waals surface area contributed by atoms with Crippen molar-refractivity contribution in [2.45, 2.75) is 72.4 Å². The molecule has 1 fully saturated rings. The van der Waals surface area contributed by atoms with E-state index in [9.17, 15) is 0 Å². The minimum absolute atomic E-state index is 0.534. The summed E-state index contributed by atoms with van der Waals surface area (Å²) in [6, 6.07) is 11.2. The van der Waals surface area contributed by atoms with Crippen molar-refractivity contribution >= 4 is 11.1 Å². The van der Waals surface area contributed by atoms with Gasteiger partial charge in [-0.05, 0) is 105 Å². The fourth-order valence-electron chi connectivity index (χ4n) is 6.61. The standard InChI is InChI=1S/C36H44N4O3/c1-6-42-36-32(24(2)3)21-37-40(36)34-12-8-11-33(38-34)31-10-7-9-25(4)35(31)43-22-28-14-13-27-15-18-39(29-17-20-41-23-29)19-16-30(27)26(28)5/h8,10-14,21,29H,2,6-7,9,15-20,22-23H2,1,3-5H3/t29-/m0/s1. The molecule has 0 amide bonds. The Morgan fingerprint density at radius 1 is 1.09 bits per heavy atom. The molecule has 0 saturated carbocycles. The van der Waals surface area contributed by atoms with Gasteiger partial charge in [-0.1, -0.05) is 30.9 Å². The molecular formula is C36H44N4O3. The second kappa shape index (κ2) is 12.9. The van der Waals surface area contributed by atoms with E-state index >= 15 is 0 Å². The number of benzene rings is 1. The smallest absolute Gasteiger partial charge is 0.225 e. The molecule has 3 aliphatic rings. The van der Waals surface area contributed by atoms with E-state index in [2.05, 4.69) is 54.7 Å². The number of allylic oxidation sites excluding steroid dienone is 4.